The van der Waals surface area contributed by atoms with Crippen molar-refractivity contribution in [2.24, 2.45) is 0 Å². The van der Waals surface area contributed by atoms with Crippen LogP contribution in [0.3, 0.4) is 0 Å². The van der Waals surface area contributed by atoms with E-state index in [1.54, 1.807) is 0 Å². The highest BCUT2D eigenvalue weighted by atomic mass is 16.5. The van der Waals surface area contributed by atoms with Crippen LogP contribution in [0.5, 0.6) is 0 Å². The Kier molecular flexibility index (Phi) is 3.19. The van der Waals surface area contributed by atoms with Crippen molar-refractivity contribution in [3.8, 4) is 0 Å². The normalized spacial score (nSPS) is 36.7. The maximum Gasteiger partial charge on any atom is 0.0726 e. The summed E-state index contributed by atoms with van der Waals surface area (Å²) in [7, 11) is 0. The molecule has 0 bridgehead atoms. The van der Waals surface area contributed by atoms with Crippen LogP contribution in [0.1, 0.15) is 26.2 Å². The monoisotopic (exact) mass is 184 g/mol. The molecule has 3 unspecified atom stereocenters. The van der Waals surface area contributed by atoms with Crippen LogP contribution in [-0.2, 0) is 4.74 Å². The molecule has 0 spiro atoms. The second-order valence-electron chi connectivity index (χ2n) is 4.20. The van der Waals surface area contributed by atoms with Crippen LogP contribution in [0.4, 0.5) is 0 Å². The van der Waals surface area contributed by atoms with Crippen molar-refractivity contribution in [2.75, 3.05) is 19.7 Å². The van der Waals surface area contributed by atoms with Gasteiger partial charge in [0, 0.05) is 25.2 Å². The third-order valence-electron chi connectivity index (χ3n) is 3.08. The van der Waals surface area contributed by atoms with Gasteiger partial charge in [-0.1, -0.05) is 0 Å². The van der Waals surface area contributed by atoms with E-state index in [1.165, 1.54) is 19.3 Å². The van der Waals surface area contributed by atoms with E-state index in [4.69, 9.17) is 4.74 Å². The van der Waals surface area contributed by atoms with Crippen molar-refractivity contribution >= 4 is 0 Å². The summed E-state index contributed by atoms with van der Waals surface area (Å²) in [6.07, 6.45) is 4.19. The summed E-state index contributed by atoms with van der Waals surface area (Å²) in [6, 6.07) is 1.19. The zero-order chi connectivity index (χ0) is 9.10. The molecule has 2 aliphatic rings. The van der Waals surface area contributed by atoms with Gasteiger partial charge in [0.2, 0.25) is 0 Å². The van der Waals surface area contributed by atoms with Gasteiger partial charge in [0.1, 0.15) is 0 Å². The van der Waals surface area contributed by atoms with Gasteiger partial charge in [-0.25, -0.2) is 0 Å². The summed E-state index contributed by atoms with van der Waals surface area (Å²) in [4.78, 5) is 0. The quantitative estimate of drug-likeness (QED) is 0.670. The standard InChI is InChI=1S/C10H20N2O/c1-8(10-3-2-6-13-10)12-9-4-5-11-7-9/h8-12H,2-7H2,1H3. The number of ether oxygens (including phenoxy) is 1. The highest BCUT2D eigenvalue weighted by Crippen LogP contribution is 2.16. The summed E-state index contributed by atoms with van der Waals surface area (Å²) in [5.41, 5.74) is 0. The second-order valence-corrected chi connectivity index (χ2v) is 4.20. The lowest BCUT2D eigenvalue weighted by molar-refractivity contribution is 0.0805. The molecular formula is C10H20N2O. The molecule has 2 aliphatic heterocycles. The molecule has 0 aromatic carbocycles. The summed E-state index contributed by atoms with van der Waals surface area (Å²) >= 11 is 0. The molecule has 2 rings (SSSR count). The highest BCUT2D eigenvalue weighted by molar-refractivity contribution is 4.84. The van der Waals surface area contributed by atoms with Gasteiger partial charge in [0.05, 0.1) is 6.10 Å². The average Bonchev–Trinajstić information content (AvgIpc) is 2.74. The Morgan fingerprint density at radius 3 is 3.00 bits per heavy atom. The van der Waals surface area contributed by atoms with Crippen molar-refractivity contribution < 1.29 is 4.74 Å². The van der Waals surface area contributed by atoms with E-state index in [0.29, 0.717) is 18.2 Å². The van der Waals surface area contributed by atoms with E-state index in [-0.39, 0.29) is 0 Å². The number of hydrogen-bond donors (Lipinski definition) is 2. The van der Waals surface area contributed by atoms with E-state index in [2.05, 4.69) is 17.6 Å². The lowest BCUT2D eigenvalue weighted by Crippen LogP contribution is -2.44. The number of nitrogens with one attached hydrogen (secondary N) is 2. The first-order valence-corrected chi connectivity index (χ1v) is 5.44. The Bertz CT molecular complexity index is 151. The molecule has 2 heterocycles. The summed E-state index contributed by atoms with van der Waals surface area (Å²) in [6.45, 7) is 5.49. The molecule has 2 fully saturated rings. The molecule has 0 radical (unpaired) electrons. The molecule has 0 aromatic rings. The van der Waals surface area contributed by atoms with Crippen molar-refractivity contribution in [2.45, 2.75) is 44.4 Å². The van der Waals surface area contributed by atoms with E-state index in [0.717, 1.165) is 19.7 Å². The van der Waals surface area contributed by atoms with Crippen molar-refractivity contribution in [3.63, 3.8) is 0 Å². The van der Waals surface area contributed by atoms with Crippen LogP contribution in [0.15, 0.2) is 0 Å². The van der Waals surface area contributed by atoms with Gasteiger partial charge in [-0.15, -0.1) is 0 Å². The highest BCUT2D eigenvalue weighted by Gasteiger charge is 2.25. The summed E-state index contributed by atoms with van der Waals surface area (Å²) in [5.74, 6) is 0. The van der Waals surface area contributed by atoms with Crippen LogP contribution < -0.4 is 10.6 Å². The molecule has 0 saturated carbocycles. The van der Waals surface area contributed by atoms with Crippen LogP contribution >= 0.6 is 0 Å². The first kappa shape index (κ1) is 9.44. The number of hydrogen-bond acceptors (Lipinski definition) is 3. The zero-order valence-electron chi connectivity index (χ0n) is 8.38. The molecule has 76 valence electrons. The molecule has 13 heavy (non-hydrogen) atoms. The lowest BCUT2D eigenvalue weighted by Gasteiger charge is -2.23. The molecule has 2 N–H and O–H groups in total. The van der Waals surface area contributed by atoms with E-state index in [9.17, 15) is 0 Å². The predicted molar refractivity (Wildman–Crippen MR) is 52.8 cm³/mol. The molecular weight excluding hydrogens is 164 g/mol. The SMILES string of the molecule is CC(NC1CCNC1)C1CCCO1. The minimum Gasteiger partial charge on any atom is -0.377 e. The molecule has 3 nitrogen and oxygen atoms in total. The van der Waals surface area contributed by atoms with E-state index >= 15 is 0 Å². The lowest BCUT2D eigenvalue weighted by atomic mass is 10.1. The largest absolute Gasteiger partial charge is 0.377 e. The fourth-order valence-corrected chi connectivity index (χ4v) is 2.27. The van der Waals surface area contributed by atoms with Gasteiger partial charge in [-0.2, -0.15) is 0 Å². The molecule has 2 saturated heterocycles. The van der Waals surface area contributed by atoms with Crippen molar-refractivity contribution in [3.05, 3.63) is 0 Å². The van der Waals surface area contributed by atoms with Crippen LogP contribution in [0.25, 0.3) is 0 Å². The van der Waals surface area contributed by atoms with Crippen LogP contribution in [0.2, 0.25) is 0 Å². The second kappa shape index (κ2) is 4.40. The predicted octanol–water partition coefficient (Wildman–Crippen LogP) is 0.505. The van der Waals surface area contributed by atoms with Crippen LogP contribution in [-0.4, -0.2) is 37.9 Å². The minimum absolute atomic E-state index is 0.459. The minimum atomic E-state index is 0.459. The Morgan fingerprint density at radius 1 is 1.46 bits per heavy atom. The maximum absolute atomic E-state index is 5.64. The Hall–Kier alpha value is -0.120. The average molecular weight is 184 g/mol. The third-order valence-corrected chi connectivity index (χ3v) is 3.08. The van der Waals surface area contributed by atoms with Gasteiger partial charge in [-0.3, -0.25) is 0 Å². The van der Waals surface area contributed by atoms with Gasteiger partial charge >= 0.3 is 0 Å². The zero-order valence-corrected chi connectivity index (χ0v) is 8.38. The molecule has 0 aliphatic carbocycles. The van der Waals surface area contributed by atoms with E-state index in [1.807, 2.05) is 0 Å². The molecule has 3 heteroatoms. The first-order chi connectivity index (χ1) is 6.36. The fourth-order valence-electron chi connectivity index (χ4n) is 2.27. The summed E-state index contributed by atoms with van der Waals surface area (Å²) < 4.78 is 5.64. The van der Waals surface area contributed by atoms with Crippen molar-refractivity contribution in [1.29, 1.82) is 0 Å². The van der Waals surface area contributed by atoms with Gasteiger partial charge in [-0.05, 0) is 32.7 Å². The molecule has 0 amide bonds. The molecule has 3 atom stereocenters. The number of rotatable bonds is 3. The maximum atomic E-state index is 5.64. The van der Waals surface area contributed by atoms with Gasteiger partial charge in [0.25, 0.3) is 0 Å². The molecule has 0 aromatic heterocycles. The van der Waals surface area contributed by atoms with E-state index < -0.39 is 0 Å². The fraction of sp³-hybridized carbons (Fsp3) is 1.00. The topological polar surface area (TPSA) is 33.3 Å². The Morgan fingerprint density at radius 2 is 2.38 bits per heavy atom. The van der Waals surface area contributed by atoms with Gasteiger partial charge in [0.15, 0.2) is 0 Å². The third kappa shape index (κ3) is 2.42. The first-order valence-electron chi connectivity index (χ1n) is 5.44. The summed E-state index contributed by atoms with van der Waals surface area (Å²) in [5, 5.41) is 7.00. The van der Waals surface area contributed by atoms with Gasteiger partial charge < -0.3 is 15.4 Å². The van der Waals surface area contributed by atoms with Crippen LogP contribution in [0, 0.1) is 0 Å². The Labute approximate surface area is 80.2 Å². The smallest absolute Gasteiger partial charge is 0.0726 e. The van der Waals surface area contributed by atoms with Crippen molar-refractivity contribution in [1.82, 2.24) is 10.6 Å². The Balaban J connectivity index is 1.73.